The molecule has 2 rings (SSSR count). The lowest BCUT2D eigenvalue weighted by Gasteiger charge is -2.46. The van der Waals surface area contributed by atoms with Gasteiger partial charge in [0.2, 0.25) is 0 Å². The van der Waals surface area contributed by atoms with E-state index in [1.165, 1.54) is 0 Å². The van der Waals surface area contributed by atoms with Crippen LogP contribution >= 0.6 is 0 Å². The summed E-state index contributed by atoms with van der Waals surface area (Å²) in [4.78, 5) is 12.9. The van der Waals surface area contributed by atoms with Gasteiger partial charge in [-0.05, 0) is 6.42 Å². The van der Waals surface area contributed by atoms with E-state index in [9.17, 15) is 23.1 Å². The molecule has 0 bridgehead atoms. The average molecular weight is 259 g/mol. The second-order valence-corrected chi connectivity index (χ2v) is 4.48. The molecule has 1 fully saturated rings. The number of aliphatic hydroxyl groups is 1. The smallest absolute Gasteiger partial charge is 0.260 e. The fraction of sp³-hybridized carbons (Fsp3) is 0.417. The Morgan fingerprint density at radius 3 is 2.28 bits per heavy atom. The van der Waals surface area contributed by atoms with E-state index < -0.39 is 34.5 Å². The maximum absolute atomic E-state index is 13.4. The van der Waals surface area contributed by atoms with Crippen LogP contribution in [0.3, 0.4) is 0 Å². The van der Waals surface area contributed by atoms with E-state index in [-0.39, 0.29) is 13.1 Å². The van der Waals surface area contributed by atoms with Crippen LogP contribution in [0.2, 0.25) is 0 Å². The number of carbonyl (C=O) groups is 1. The van der Waals surface area contributed by atoms with Crippen molar-refractivity contribution in [3.8, 4) is 0 Å². The minimum Gasteiger partial charge on any atom is -0.386 e. The van der Waals surface area contributed by atoms with Gasteiger partial charge < -0.3 is 10.0 Å². The summed E-state index contributed by atoms with van der Waals surface area (Å²) in [6, 6.07) is 0.921. The minimum atomic E-state index is -1.23. The van der Waals surface area contributed by atoms with Crippen LogP contribution in [0.1, 0.15) is 23.7 Å². The fourth-order valence-corrected chi connectivity index (χ4v) is 1.94. The molecule has 1 heterocycles. The Hall–Kier alpha value is -1.56. The van der Waals surface area contributed by atoms with Gasteiger partial charge in [0.05, 0.1) is 18.7 Å². The molecule has 0 spiro atoms. The summed E-state index contributed by atoms with van der Waals surface area (Å²) in [5.41, 5.74) is -1.77. The predicted octanol–water partition coefficient (Wildman–Crippen LogP) is 1.70. The first kappa shape index (κ1) is 12.9. The number of hydrogen-bond acceptors (Lipinski definition) is 2. The van der Waals surface area contributed by atoms with Crippen LogP contribution in [0.15, 0.2) is 12.1 Å². The Labute approximate surface area is 102 Å². The molecule has 1 aliphatic heterocycles. The molecule has 1 aromatic rings. The van der Waals surface area contributed by atoms with Crippen LogP contribution < -0.4 is 0 Å². The molecule has 1 saturated heterocycles. The average Bonchev–Trinajstić information content (AvgIpc) is 2.23. The molecular weight excluding hydrogens is 247 g/mol. The van der Waals surface area contributed by atoms with Crippen molar-refractivity contribution < 1.29 is 23.1 Å². The molecule has 1 N–H and O–H groups in total. The van der Waals surface area contributed by atoms with Crippen LogP contribution in [0.5, 0.6) is 0 Å². The molecule has 0 aromatic heterocycles. The SMILES string of the molecule is CCC1(O)CN(C(=O)c2c(F)cc(F)cc2F)C1. The van der Waals surface area contributed by atoms with Crippen LogP contribution in [-0.4, -0.2) is 34.6 Å². The number of rotatable bonds is 2. The predicted molar refractivity (Wildman–Crippen MR) is 57.5 cm³/mol. The Bertz CT molecular complexity index is 475. The number of amides is 1. The van der Waals surface area contributed by atoms with Gasteiger partial charge in [-0.25, -0.2) is 13.2 Å². The molecule has 0 aliphatic carbocycles. The molecule has 3 nitrogen and oxygen atoms in total. The molecule has 1 amide bonds. The van der Waals surface area contributed by atoms with E-state index in [0.717, 1.165) is 4.90 Å². The molecule has 6 heteroatoms. The minimum absolute atomic E-state index is 0.0264. The molecule has 0 radical (unpaired) electrons. The van der Waals surface area contributed by atoms with Gasteiger partial charge in [-0.15, -0.1) is 0 Å². The van der Waals surface area contributed by atoms with Gasteiger partial charge in [0.15, 0.2) is 0 Å². The molecule has 0 unspecified atom stereocenters. The lowest BCUT2D eigenvalue weighted by molar-refractivity contribution is -0.0829. The third kappa shape index (κ3) is 2.08. The van der Waals surface area contributed by atoms with E-state index in [1.54, 1.807) is 6.92 Å². The zero-order chi connectivity index (χ0) is 13.5. The standard InChI is InChI=1S/C12H12F3NO2/c1-2-12(18)5-16(6-12)11(17)10-8(14)3-7(13)4-9(10)15/h3-4,18H,2,5-6H2,1H3. The summed E-state index contributed by atoms with van der Waals surface area (Å²) >= 11 is 0. The number of hydrogen-bond donors (Lipinski definition) is 1. The van der Waals surface area contributed by atoms with Gasteiger partial charge in [0.25, 0.3) is 5.91 Å². The van der Waals surface area contributed by atoms with Gasteiger partial charge in [-0.2, -0.15) is 0 Å². The molecule has 0 atom stereocenters. The number of nitrogens with zero attached hydrogens (tertiary/aromatic N) is 1. The maximum Gasteiger partial charge on any atom is 0.260 e. The maximum atomic E-state index is 13.4. The molecule has 1 aliphatic rings. The Kier molecular flexibility index (Phi) is 3.06. The monoisotopic (exact) mass is 259 g/mol. The summed E-state index contributed by atoms with van der Waals surface area (Å²) in [6.45, 7) is 1.80. The zero-order valence-corrected chi connectivity index (χ0v) is 9.71. The van der Waals surface area contributed by atoms with Crippen LogP contribution in [0, 0.1) is 17.5 Å². The normalized spacial score (nSPS) is 17.5. The number of carbonyl (C=O) groups excluding carboxylic acids is 1. The van der Waals surface area contributed by atoms with E-state index in [2.05, 4.69) is 0 Å². The molecular formula is C12H12F3NO2. The van der Waals surface area contributed by atoms with Gasteiger partial charge in [0, 0.05) is 12.1 Å². The highest BCUT2D eigenvalue weighted by Crippen LogP contribution is 2.27. The van der Waals surface area contributed by atoms with Crippen molar-refractivity contribution in [2.45, 2.75) is 18.9 Å². The second-order valence-electron chi connectivity index (χ2n) is 4.48. The highest BCUT2D eigenvalue weighted by Gasteiger charge is 2.43. The number of halogens is 3. The Morgan fingerprint density at radius 1 is 1.33 bits per heavy atom. The Morgan fingerprint density at radius 2 is 1.83 bits per heavy atom. The largest absolute Gasteiger partial charge is 0.386 e. The third-order valence-corrected chi connectivity index (χ3v) is 3.14. The van der Waals surface area contributed by atoms with Crippen molar-refractivity contribution in [1.29, 1.82) is 0 Å². The summed E-state index contributed by atoms with van der Waals surface area (Å²) < 4.78 is 39.4. The first-order valence-corrected chi connectivity index (χ1v) is 5.52. The molecule has 18 heavy (non-hydrogen) atoms. The number of likely N-dealkylation sites (tertiary alicyclic amines) is 1. The quantitative estimate of drug-likeness (QED) is 0.878. The van der Waals surface area contributed by atoms with E-state index in [1.807, 2.05) is 0 Å². The molecule has 1 aromatic carbocycles. The van der Waals surface area contributed by atoms with Crippen molar-refractivity contribution in [1.82, 2.24) is 4.90 Å². The second kappa shape index (κ2) is 4.28. The topological polar surface area (TPSA) is 40.5 Å². The highest BCUT2D eigenvalue weighted by atomic mass is 19.1. The summed E-state index contributed by atoms with van der Waals surface area (Å²) in [6.07, 6.45) is 0.450. The van der Waals surface area contributed by atoms with E-state index >= 15 is 0 Å². The summed E-state index contributed by atoms with van der Waals surface area (Å²) in [5.74, 6) is -4.41. The van der Waals surface area contributed by atoms with Crippen molar-refractivity contribution >= 4 is 5.91 Å². The van der Waals surface area contributed by atoms with Gasteiger partial charge in [0.1, 0.15) is 23.0 Å². The van der Waals surface area contributed by atoms with Gasteiger partial charge >= 0.3 is 0 Å². The third-order valence-electron chi connectivity index (χ3n) is 3.14. The number of benzene rings is 1. The highest BCUT2D eigenvalue weighted by molar-refractivity contribution is 5.95. The van der Waals surface area contributed by atoms with Crippen molar-refractivity contribution in [3.05, 3.63) is 35.1 Å². The fourth-order valence-electron chi connectivity index (χ4n) is 1.94. The first-order chi connectivity index (χ1) is 8.36. The lowest BCUT2D eigenvalue weighted by Crippen LogP contribution is -2.63. The van der Waals surface area contributed by atoms with Crippen molar-refractivity contribution in [2.75, 3.05) is 13.1 Å². The van der Waals surface area contributed by atoms with E-state index in [4.69, 9.17) is 0 Å². The molecule has 0 saturated carbocycles. The Balaban J connectivity index is 2.21. The lowest BCUT2D eigenvalue weighted by atomic mass is 9.90. The van der Waals surface area contributed by atoms with Crippen molar-refractivity contribution in [3.63, 3.8) is 0 Å². The van der Waals surface area contributed by atoms with Gasteiger partial charge in [-0.1, -0.05) is 6.92 Å². The number of β-amino-alcohol motifs (C(OH)–C–C–N with tert-alkyl or cyclic N) is 1. The summed E-state index contributed by atoms with van der Waals surface area (Å²) in [5, 5.41) is 9.73. The first-order valence-electron chi connectivity index (χ1n) is 5.52. The molecule has 98 valence electrons. The van der Waals surface area contributed by atoms with Gasteiger partial charge in [-0.3, -0.25) is 4.79 Å². The summed E-state index contributed by atoms with van der Waals surface area (Å²) in [7, 11) is 0. The van der Waals surface area contributed by atoms with Crippen LogP contribution in [-0.2, 0) is 0 Å². The van der Waals surface area contributed by atoms with E-state index in [0.29, 0.717) is 18.6 Å². The van der Waals surface area contributed by atoms with Crippen LogP contribution in [0.4, 0.5) is 13.2 Å². The zero-order valence-electron chi connectivity index (χ0n) is 9.71. The van der Waals surface area contributed by atoms with Crippen molar-refractivity contribution in [2.24, 2.45) is 0 Å². The van der Waals surface area contributed by atoms with Crippen LogP contribution in [0.25, 0.3) is 0 Å².